The summed E-state index contributed by atoms with van der Waals surface area (Å²) in [6.45, 7) is 3.12. The van der Waals surface area contributed by atoms with E-state index in [1.807, 2.05) is 30.3 Å². The van der Waals surface area contributed by atoms with Crippen molar-refractivity contribution < 1.29 is 4.79 Å². The molecule has 1 atom stereocenters. The molecule has 140 valence electrons. The number of amides is 1. The summed E-state index contributed by atoms with van der Waals surface area (Å²) in [6, 6.07) is 10.7. The molecule has 3 heterocycles. The molecule has 1 aromatic heterocycles. The van der Waals surface area contributed by atoms with Crippen molar-refractivity contribution in [3.8, 4) is 0 Å². The molecule has 0 aliphatic carbocycles. The van der Waals surface area contributed by atoms with Crippen molar-refractivity contribution >= 4 is 40.3 Å². The van der Waals surface area contributed by atoms with Gasteiger partial charge in [-0.1, -0.05) is 18.2 Å². The maximum Gasteiger partial charge on any atom is 0.267 e. The van der Waals surface area contributed by atoms with Gasteiger partial charge >= 0.3 is 0 Å². The molecule has 4 nitrogen and oxygen atoms in total. The number of nitrogens with one attached hydrogen (secondary N) is 2. The summed E-state index contributed by atoms with van der Waals surface area (Å²) in [5, 5.41) is 4.25. The van der Waals surface area contributed by atoms with Crippen molar-refractivity contribution in [2.45, 2.75) is 18.9 Å². The molecule has 4 rings (SSSR count). The van der Waals surface area contributed by atoms with Gasteiger partial charge in [0.25, 0.3) is 5.91 Å². The van der Waals surface area contributed by atoms with Crippen LogP contribution in [0.15, 0.2) is 30.3 Å². The highest BCUT2D eigenvalue weighted by atomic mass is 32.2. The van der Waals surface area contributed by atoms with Crippen molar-refractivity contribution in [3.05, 3.63) is 36.0 Å². The number of likely N-dealkylation sites (tertiary alicyclic amines) is 1. The molecular weight excluding hydrogens is 362 g/mol. The van der Waals surface area contributed by atoms with E-state index in [-0.39, 0.29) is 5.91 Å². The molecule has 2 aliphatic heterocycles. The number of aromatic amines is 1. The van der Waals surface area contributed by atoms with E-state index in [1.54, 1.807) is 0 Å². The van der Waals surface area contributed by atoms with Gasteiger partial charge in [0.2, 0.25) is 0 Å². The zero-order chi connectivity index (χ0) is 17.8. The Balaban J connectivity index is 1.31. The lowest BCUT2D eigenvalue weighted by atomic mass is 9.97. The van der Waals surface area contributed by atoms with Gasteiger partial charge < -0.3 is 10.3 Å². The average molecular weight is 390 g/mol. The van der Waals surface area contributed by atoms with E-state index in [1.165, 1.54) is 42.4 Å². The normalized spacial score (nSPS) is 23.0. The van der Waals surface area contributed by atoms with Crippen LogP contribution in [0.2, 0.25) is 0 Å². The number of piperidine rings is 1. The van der Waals surface area contributed by atoms with Crippen LogP contribution < -0.4 is 5.32 Å². The Morgan fingerprint density at radius 3 is 2.85 bits per heavy atom. The first kappa shape index (κ1) is 18.3. The van der Waals surface area contributed by atoms with Crippen molar-refractivity contribution in [1.29, 1.82) is 0 Å². The van der Waals surface area contributed by atoms with Crippen LogP contribution >= 0.6 is 23.5 Å². The Hall–Kier alpha value is -1.11. The summed E-state index contributed by atoms with van der Waals surface area (Å²) in [7, 11) is 0. The second-order valence-electron chi connectivity index (χ2n) is 7.29. The number of rotatable bonds is 4. The van der Waals surface area contributed by atoms with E-state index in [0.717, 1.165) is 24.0 Å². The number of H-pyrrole nitrogens is 1. The number of hydrogen-bond donors (Lipinski definition) is 2. The number of fused-ring (bicyclic) bond motifs is 1. The predicted octanol–water partition coefficient (Wildman–Crippen LogP) is 3.46. The quantitative estimate of drug-likeness (QED) is 0.841. The highest BCUT2D eigenvalue weighted by Crippen LogP contribution is 2.25. The van der Waals surface area contributed by atoms with Crippen molar-refractivity contribution in [1.82, 2.24) is 15.2 Å². The molecule has 1 unspecified atom stereocenters. The Kier molecular flexibility index (Phi) is 6.12. The van der Waals surface area contributed by atoms with Crippen LogP contribution in [0, 0.1) is 5.92 Å². The number of benzene rings is 1. The SMILES string of the molecule is O=C(NCC1CCCN(C2CSCCSC2)C1)c1cc2ccccc2[nH]1. The zero-order valence-electron chi connectivity index (χ0n) is 15.1. The summed E-state index contributed by atoms with van der Waals surface area (Å²) >= 11 is 4.20. The van der Waals surface area contributed by atoms with Gasteiger partial charge in [0.15, 0.2) is 0 Å². The van der Waals surface area contributed by atoms with E-state index < -0.39 is 0 Å². The Bertz CT molecular complexity index is 706. The minimum Gasteiger partial charge on any atom is -0.351 e. The maximum atomic E-state index is 12.5. The standard InChI is InChI=1S/C20H27N3OS2/c24-20(19-10-16-5-1-2-6-18(16)22-19)21-11-15-4-3-7-23(12-15)17-13-25-8-9-26-14-17/h1-2,5-6,10,15,17,22H,3-4,7-9,11-14H2,(H,21,24). The number of hydrogen-bond acceptors (Lipinski definition) is 4. The molecule has 6 heteroatoms. The van der Waals surface area contributed by atoms with Gasteiger partial charge in [-0.2, -0.15) is 23.5 Å². The second kappa shape index (κ2) is 8.72. The number of carbonyl (C=O) groups excluding carboxylic acids is 1. The molecule has 2 aromatic rings. The molecular formula is C20H27N3OS2. The lowest BCUT2D eigenvalue weighted by molar-refractivity contribution is 0.0920. The van der Waals surface area contributed by atoms with Crippen LogP contribution in [0.1, 0.15) is 23.3 Å². The lowest BCUT2D eigenvalue weighted by Crippen LogP contribution is -2.47. The van der Waals surface area contributed by atoms with E-state index in [2.05, 4.69) is 38.7 Å². The zero-order valence-corrected chi connectivity index (χ0v) is 16.7. The summed E-state index contributed by atoms with van der Waals surface area (Å²) in [4.78, 5) is 18.4. The predicted molar refractivity (Wildman–Crippen MR) is 113 cm³/mol. The Morgan fingerprint density at radius 1 is 1.23 bits per heavy atom. The van der Waals surface area contributed by atoms with Gasteiger partial charge in [0.05, 0.1) is 0 Å². The van der Waals surface area contributed by atoms with E-state index in [4.69, 9.17) is 0 Å². The molecule has 0 bridgehead atoms. The number of thioether (sulfide) groups is 2. The van der Waals surface area contributed by atoms with Crippen LogP contribution in [0.4, 0.5) is 0 Å². The third kappa shape index (κ3) is 4.41. The third-order valence-corrected chi connectivity index (χ3v) is 7.87. The minimum absolute atomic E-state index is 0.0129. The van der Waals surface area contributed by atoms with Crippen LogP contribution in [0.3, 0.4) is 0 Å². The summed E-state index contributed by atoms with van der Waals surface area (Å²) in [5.41, 5.74) is 1.68. The van der Waals surface area contributed by atoms with Crippen molar-refractivity contribution in [3.63, 3.8) is 0 Å². The second-order valence-corrected chi connectivity index (χ2v) is 9.59. The minimum atomic E-state index is 0.0129. The number of para-hydroxylation sites is 1. The first-order chi connectivity index (χ1) is 12.8. The topological polar surface area (TPSA) is 48.1 Å². The first-order valence-corrected chi connectivity index (χ1v) is 11.9. The molecule has 2 fully saturated rings. The van der Waals surface area contributed by atoms with Crippen LogP contribution in [0.25, 0.3) is 10.9 Å². The molecule has 2 aliphatic rings. The van der Waals surface area contributed by atoms with Crippen molar-refractivity contribution in [2.24, 2.45) is 5.92 Å². The third-order valence-electron chi connectivity index (χ3n) is 5.39. The lowest BCUT2D eigenvalue weighted by Gasteiger charge is -2.37. The van der Waals surface area contributed by atoms with E-state index in [0.29, 0.717) is 17.7 Å². The Morgan fingerprint density at radius 2 is 2.04 bits per heavy atom. The first-order valence-electron chi connectivity index (χ1n) is 9.55. The van der Waals surface area contributed by atoms with E-state index >= 15 is 0 Å². The van der Waals surface area contributed by atoms with Gasteiger partial charge in [0, 0.05) is 53.0 Å². The van der Waals surface area contributed by atoms with Gasteiger partial charge in [-0.25, -0.2) is 0 Å². The fourth-order valence-electron chi connectivity index (χ4n) is 3.94. The van der Waals surface area contributed by atoms with Gasteiger partial charge in [-0.15, -0.1) is 0 Å². The molecule has 0 radical (unpaired) electrons. The maximum absolute atomic E-state index is 12.5. The average Bonchev–Trinajstić information content (AvgIpc) is 2.93. The number of carbonyl (C=O) groups is 1. The van der Waals surface area contributed by atoms with Crippen LogP contribution in [0.5, 0.6) is 0 Å². The summed E-state index contributed by atoms with van der Waals surface area (Å²) in [5.74, 6) is 5.69. The molecule has 1 amide bonds. The van der Waals surface area contributed by atoms with Gasteiger partial charge in [-0.05, 0) is 37.4 Å². The van der Waals surface area contributed by atoms with Crippen LogP contribution in [-0.2, 0) is 0 Å². The smallest absolute Gasteiger partial charge is 0.267 e. The highest BCUT2D eigenvalue weighted by molar-refractivity contribution is 8.03. The fourth-order valence-corrected chi connectivity index (χ4v) is 6.57. The fraction of sp³-hybridized carbons (Fsp3) is 0.550. The van der Waals surface area contributed by atoms with Gasteiger partial charge in [-0.3, -0.25) is 9.69 Å². The molecule has 2 N–H and O–H groups in total. The van der Waals surface area contributed by atoms with E-state index in [9.17, 15) is 4.79 Å². The summed E-state index contributed by atoms with van der Waals surface area (Å²) < 4.78 is 0. The molecule has 0 spiro atoms. The Labute approximate surface area is 163 Å². The van der Waals surface area contributed by atoms with Crippen LogP contribution in [-0.4, -0.2) is 64.5 Å². The largest absolute Gasteiger partial charge is 0.351 e. The molecule has 26 heavy (non-hydrogen) atoms. The molecule has 1 aromatic carbocycles. The molecule has 2 saturated heterocycles. The number of nitrogens with zero attached hydrogens (tertiary/aromatic N) is 1. The number of aromatic nitrogens is 1. The molecule has 0 saturated carbocycles. The monoisotopic (exact) mass is 389 g/mol. The van der Waals surface area contributed by atoms with Gasteiger partial charge in [0.1, 0.15) is 5.69 Å². The van der Waals surface area contributed by atoms with Crippen molar-refractivity contribution in [2.75, 3.05) is 42.6 Å². The summed E-state index contributed by atoms with van der Waals surface area (Å²) in [6.07, 6.45) is 2.47. The highest BCUT2D eigenvalue weighted by Gasteiger charge is 2.27.